The lowest BCUT2D eigenvalue weighted by molar-refractivity contribution is 0.512. The van der Waals surface area contributed by atoms with Crippen molar-refractivity contribution in [3.05, 3.63) is 24.3 Å². The molecule has 1 aromatic heterocycles. The molecule has 2 aromatic rings. The van der Waals surface area contributed by atoms with Crippen LogP contribution >= 0.6 is 0 Å². The van der Waals surface area contributed by atoms with Crippen LogP contribution in [0.5, 0.6) is 0 Å². The monoisotopic (exact) mass is 271 g/mol. The van der Waals surface area contributed by atoms with Crippen LogP contribution in [0.3, 0.4) is 0 Å². The molecule has 106 valence electrons. The summed E-state index contributed by atoms with van der Waals surface area (Å²) in [5, 5.41) is 3.57. The number of oxazole rings is 1. The molecule has 0 bridgehead atoms. The summed E-state index contributed by atoms with van der Waals surface area (Å²) in [6.07, 6.45) is 5.26. The molecular weight excluding hydrogens is 250 g/mol. The van der Waals surface area contributed by atoms with Crippen molar-refractivity contribution in [3.8, 4) is 0 Å². The fourth-order valence-corrected chi connectivity index (χ4v) is 3.02. The quantitative estimate of drug-likeness (QED) is 0.908. The molecule has 1 atom stereocenters. The zero-order chi connectivity index (χ0) is 13.4. The Labute approximate surface area is 119 Å². The summed E-state index contributed by atoms with van der Waals surface area (Å²) >= 11 is 0. The molecule has 0 spiro atoms. The summed E-state index contributed by atoms with van der Waals surface area (Å²) in [5.41, 5.74) is 1.85. The molecule has 1 aromatic carbocycles. The van der Waals surface area contributed by atoms with Gasteiger partial charge in [-0.25, -0.2) is 0 Å². The lowest BCUT2D eigenvalue weighted by Gasteiger charge is -2.24. The Hall–Kier alpha value is -1.55. The predicted molar refractivity (Wildman–Crippen MR) is 80.0 cm³/mol. The van der Waals surface area contributed by atoms with Gasteiger partial charge in [-0.1, -0.05) is 12.1 Å². The van der Waals surface area contributed by atoms with Crippen molar-refractivity contribution < 1.29 is 4.42 Å². The van der Waals surface area contributed by atoms with E-state index in [-0.39, 0.29) is 0 Å². The van der Waals surface area contributed by atoms with E-state index in [1.54, 1.807) is 0 Å². The molecule has 20 heavy (non-hydrogen) atoms. The van der Waals surface area contributed by atoms with Gasteiger partial charge in [0.1, 0.15) is 5.52 Å². The fourth-order valence-electron chi connectivity index (χ4n) is 3.02. The largest absolute Gasteiger partial charge is 0.423 e. The topological polar surface area (TPSA) is 41.3 Å². The number of para-hydroxylation sites is 2. The average molecular weight is 271 g/mol. The number of hydrogen-bond acceptors (Lipinski definition) is 4. The van der Waals surface area contributed by atoms with Gasteiger partial charge in [-0.3, -0.25) is 0 Å². The maximum Gasteiger partial charge on any atom is 0.298 e. The third kappa shape index (κ3) is 2.52. The van der Waals surface area contributed by atoms with Crippen LogP contribution in [0, 0.1) is 5.92 Å². The third-order valence-electron chi connectivity index (χ3n) is 4.33. The molecule has 0 amide bonds. The highest BCUT2D eigenvalue weighted by Crippen LogP contribution is 2.32. The van der Waals surface area contributed by atoms with E-state index in [1.165, 1.54) is 25.7 Å². The van der Waals surface area contributed by atoms with E-state index in [4.69, 9.17) is 4.42 Å². The zero-order valence-corrected chi connectivity index (χ0v) is 11.7. The minimum absolute atomic E-state index is 0.587. The van der Waals surface area contributed by atoms with Crippen molar-refractivity contribution in [2.75, 3.05) is 24.5 Å². The summed E-state index contributed by atoms with van der Waals surface area (Å²) in [7, 11) is 0. The first kappa shape index (κ1) is 12.2. The maximum atomic E-state index is 5.96. The normalized spacial score (nSPS) is 22.5. The lowest BCUT2D eigenvalue weighted by Crippen LogP contribution is -2.38. The van der Waals surface area contributed by atoms with E-state index in [0.717, 1.165) is 42.7 Å². The van der Waals surface area contributed by atoms with Gasteiger partial charge in [0.25, 0.3) is 6.01 Å². The third-order valence-corrected chi connectivity index (χ3v) is 4.33. The smallest absolute Gasteiger partial charge is 0.298 e. The summed E-state index contributed by atoms with van der Waals surface area (Å²) in [6.45, 7) is 3.25. The van der Waals surface area contributed by atoms with E-state index in [2.05, 4.69) is 15.2 Å². The molecule has 1 aliphatic heterocycles. The van der Waals surface area contributed by atoms with Crippen LogP contribution in [0.15, 0.2) is 28.7 Å². The van der Waals surface area contributed by atoms with Gasteiger partial charge in [0.05, 0.1) is 0 Å². The van der Waals surface area contributed by atoms with Gasteiger partial charge in [0.2, 0.25) is 0 Å². The van der Waals surface area contributed by atoms with Crippen molar-refractivity contribution in [2.45, 2.75) is 31.7 Å². The van der Waals surface area contributed by atoms with Gasteiger partial charge >= 0.3 is 0 Å². The van der Waals surface area contributed by atoms with Crippen LogP contribution in [0.4, 0.5) is 6.01 Å². The van der Waals surface area contributed by atoms with Crippen LogP contribution < -0.4 is 10.2 Å². The second-order valence-electron chi connectivity index (χ2n) is 6.11. The number of nitrogens with one attached hydrogen (secondary N) is 1. The van der Waals surface area contributed by atoms with Crippen molar-refractivity contribution in [1.82, 2.24) is 10.3 Å². The zero-order valence-electron chi connectivity index (χ0n) is 11.7. The Morgan fingerprint density at radius 2 is 2.10 bits per heavy atom. The predicted octanol–water partition coefficient (Wildman–Crippen LogP) is 2.80. The first-order valence-corrected chi connectivity index (χ1v) is 7.72. The molecule has 2 heterocycles. The van der Waals surface area contributed by atoms with Gasteiger partial charge in [0, 0.05) is 19.1 Å². The molecule has 1 aliphatic carbocycles. The number of nitrogens with zero attached hydrogens (tertiary/aromatic N) is 2. The van der Waals surface area contributed by atoms with Crippen LogP contribution in [0.25, 0.3) is 11.1 Å². The first-order valence-electron chi connectivity index (χ1n) is 7.72. The van der Waals surface area contributed by atoms with Gasteiger partial charge in [-0.05, 0) is 50.3 Å². The van der Waals surface area contributed by atoms with E-state index < -0.39 is 0 Å². The Balaban J connectivity index is 1.58. The van der Waals surface area contributed by atoms with Gasteiger partial charge < -0.3 is 14.6 Å². The highest BCUT2D eigenvalue weighted by molar-refractivity contribution is 5.74. The number of anilines is 1. The molecule has 1 saturated carbocycles. The van der Waals surface area contributed by atoms with Gasteiger partial charge in [-0.2, -0.15) is 4.98 Å². The molecule has 1 unspecified atom stereocenters. The van der Waals surface area contributed by atoms with Crippen LogP contribution in [0.2, 0.25) is 0 Å². The molecule has 2 fully saturated rings. The Morgan fingerprint density at radius 1 is 1.20 bits per heavy atom. The number of fused-ring (bicyclic) bond motifs is 1. The van der Waals surface area contributed by atoms with Crippen molar-refractivity contribution in [1.29, 1.82) is 0 Å². The summed E-state index contributed by atoms with van der Waals surface area (Å²) in [4.78, 5) is 7.02. The van der Waals surface area contributed by atoms with Crippen LogP contribution in [-0.2, 0) is 0 Å². The minimum Gasteiger partial charge on any atom is -0.423 e. The van der Waals surface area contributed by atoms with Crippen LogP contribution in [-0.4, -0.2) is 30.7 Å². The average Bonchev–Trinajstić information content (AvgIpc) is 2.98. The van der Waals surface area contributed by atoms with E-state index >= 15 is 0 Å². The Kier molecular flexibility index (Phi) is 3.11. The number of hydrogen-bond donors (Lipinski definition) is 1. The first-order chi connectivity index (χ1) is 9.88. The molecule has 0 radical (unpaired) electrons. The number of aromatic nitrogens is 1. The Morgan fingerprint density at radius 3 is 2.85 bits per heavy atom. The minimum atomic E-state index is 0.587. The second-order valence-corrected chi connectivity index (χ2v) is 6.11. The summed E-state index contributed by atoms with van der Waals surface area (Å²) in [6, 6.07) is 9.41. The SMILES string of the molecule is c1ccc2oc(N(CC3CC3)CC3CCCN3)nc2c1. The summed E-state index contributed by atoms with van der Waals surface area (Å²) < 4.78 is 5.96. The lowest BCUT2D eigenvalue weighted by atomic mass is 10.2. The van der Waals surface area contributed by atoms with Crippen molar-refractivity contribution in [3.63, 3.8) is 0 Å². The van der Waals surface area contributed by atoms with Crippen molar-refractivity contribution >= 4 is 17.1 Å². The molecule has 2 aliphatic rings. The Bertz CT molecular complexity index is 551. The number of rotatable bonds is 5. The molecule has 1 saturated heterocycles. The van der Waals surface area contributed by atoms with Gasteiger partial charge in [0.15, 0.2) is 5.58 Å². The molecule has 4 nitrogen and oxygen atoms in total. The van der Waals surface area contributed by atoms with E-state index in [0.29, 0.717) is 6.04 Å². The molecule has 4 heteroatoms. The highest BCUT2D eigenvalue weighted by atomic mass is 16.4. The molecule has 4 rings (SSSR count). The highest BCUT2D eigenvalue weighted by Gasteiger charge is 2.28. The summed E-state index contributed by atoms with van der Waals surface area (Å²) in [5.74, 6) is 0.839. The van der Waals surface area contributed by atoms with Gasteiger partial charge in [-0.15, -0.1) is 0 Å². The second kappa shape index (κ2) is 5.09. The standard InChI is InChI=1S/C16H21N3O/c1-2-6-15-14(5-1)18-16(20-15)19(10-12-7-8-12)11-13-4-3-9-17-13/h1-2,5-6,12-13,17H,3-4,7-11H2. The molecular formula is C16H21N3O. The fraction of sp³-hybridized carbons (Fsp3) is 0.562. The number of benzene rings is 1. The van der Waals surface area contributed by atoms with E-state index in [1.807, 2.05) is 24.3 Å². The van der Waals surface area contributed by atoms with E-state index in [9.17, 15) is 0 Å². The van der Waals surface area contributed by atoms with Crippen LogP contribution in [0.1, 0.15) is 25.7 Å². The van der Waals surface area contributed by atoms with Crippen molar-refractivity contribution in [2.24, 2.45) is 5.92 Å². The molecule has 1 N–H and O–H groups in total. The maximum absolute atomic E-state index is 5.96.